The van der Waals surface area contributed by atoms with Crippen LogP contribution in [0.3, 0.4) is 0 Å². The molecular weight excluding hydrogens is 576 g/mol. The summed E-state index contributed by atoms with van der Waals surface area (Å²) in [4.78, 5) is 43.8. The summed E-state index contributed by atoms with van der Waals surface area (Å²) in [5.74, 6) is -0.757. The molecule has 0 saturated carbocycles. The third kappa shape index (κ3) is 7.79. The molecule has 0 atom stereocenters. The fourth-order valence-electron chi connectivity index (χ4n) is 5.35. The third-order valence-electron chi connectivity index (χ3n) is 7.58. The number of thioether (sulfide) groups is 1. The van der Waals surface area contributed by atoms with Gasteiger partial charge < -0.3 is 24.6 Å². The first-order valence-corrected chi connectivity index (χ1v) is 15.8. The number of carbonyl (C=O) groups excluding carboxylic acids is 2. The number of piperidine rings is 1. The van der Waals surface area contributed by atoms with Gasteiger partial charge in [-0.2, -0.15) is 0 Å². The van der Waals surface area contributed by atoms with Crippen molar-refractivity contribution in [2.24, 2.45) is 5.92 Å². The predicted octanol–water partition coefficient (Wildman–Crippen LogP) is 6.34. The Labute approximate surface area is 261 Å². The van der Waals surface area contributed by atoms with Crippen LogP contribution in [0.4, 0.5) is 4.79 Å². The lowest BCUT2D eigenvalue weighted by atomic mass is 9.96. The molecule has 1 aromatic heterocycles. The molecule has 0 unspecified atom stereocenters. The Morgan fingerprint density at radius 1 is 0.977 bits per heavy atom. The Hall–Kier alpha value is -4.31. The van der Waals surface area contributed by atoms with Crippen LogP contribution < -0.4 is 5.32 Å². The van der Waals surface area contributed by atoms with Gasteiger partial charge in [0.05, 0.1) is 24.3 Å². The van der Waals surface area contributed by atoms with Gasteiger partial charge >= 0.3 is 12.1 Å². The van der Waals surface area contributed by atoms with E-state index in [-0.39, 0.29) is 30.0 Å². The number of aromatic carboxylic acids is 1. The molecule has 0 bridgehead atoms. The molecule has 10 heteroatoms. The van der Waals surface area contributed by atoms with E-state index < -0.39 is 11.6 Å². The molecule has 0 aliphatic carbocycles. The van der Waals surface area contributed by atoms with Crippen LogP contribution in [0.2, 0.25) is 0 Å². The lowest BCUT2D eigenvalue weighted by molar-refractivity contribution is -0.126. The smallest absolute Gasteiger partial charge is 0.410 e. The summed E-state index contributed by atoms with van der Waals surface area (Å²) >= 11 is 1.47. The summed E-state index contributed by atoms with van der Waals surface area (Å²) in [7, 11) is 0. The number of carboxylic acids is 1. The Morgan fingerprint density at radius 2 is 1.66 bits per heavy atom. The van der Waals surface area contributed by atoms with Crippen molar-refractivity contribution < 1.29 is 24.2 Å². The van der Waals surface area contributed by atoms with Crippen molar-refractivity contribution in [2.45, 2.75) is 63.2 Å². The quantitative estimate of drug-likeness (QED) is 0.212. The fourth-order valence-corrected chi connectivity index (χ4v) is 6.35. The van der Waals surface area contributed by atoms with Gasteiger partial charge in [-0.25, -0.2) is 14.6 Å². The van der Waals surface area contributed by atoms with Gasteiger partial charge in [0.15, 0.2) is 5.16 Å². The zero-order valence-electron chi connectivity index (χ0n) is 25.3. The summed E-state index contributed by atoms with van der Waals surface area (Å²) in [6.07, 6.45) is 2.76. The standard InChI is InChI=1S/C34H38N4O5S/c1-34(2,3)43-33(42)37-17-15-24(16-18-37)30(39)35-19-27-21-38(20-25-12-8-11-23-9-4-6-13-28(23)25)32(36-27)44-22-26-10-5-7-14-29(26)31(40)41/h4-14,21,24H,15-20,22H2,1-3H3,(H,35,39)(H,40,41). The van der Waals surface area contributed by atoms with Crippen LogP contribution in [0.5, 0.6) is 0 Å². The van der Waals surface area contributed by atoms with Crippen molar-refractivity contribution in [1.82, 2.24) is 19.8 Å². The van der Waals surface area contributed by atoms with E-state index in [4.69, 9.17) is 9.72 Å². The number of aromatic nitrogens is 2. The lowest BCUT2D eigenvalue weighted by Crippen LogP contribution is -2.44. The predicted molar refractivity (Wildman–Crippen MR) is 171 cm³/mol. The molecule has 2 N–H and O–H groups in total. The summed E-state index contributed by atoms with van der Waals surface area (Å²) in [5.41, 5.74) is 2.30. The van der Waals surface area contributed by atoms with Gasteiger partial charge in [-0.05, 0) is 61.6 Å². The van der Waals surface area contributed by atoms with Gasteiger partial charge in [-0.15, -0.1) is 0 Å². The molecule has 44 heavy (non-hydrogen) atoms. The molecular formula is C34H38N4O5S. The highest BCUT2D eigenvalue weighted by atomic mass is 32.2. The van der Waals surface area contributed by atoms with Crippen molar-refractivity contribution >= 4 is 40.5 Å². The highest BCUT2D eigenvalue weighted by Crippen LogP contribution is 2.27. The second kappa shape index (κ2) is 13.5. The zero-order valence-corrected chi connectivity index (χ0v) is 26.1. The van der Waals surface area contributed by atoms with E-state index in [1.807, 2.05) is 57.3 Å². The van der Waals surface area contributed by atoms with Crippen molar-refractivity contribution in [1.29, 1.82) is 0 Å². The van der Waals surface area contributed by atoms with Crippen molar-refractivity contribution in [3.63, 3.8) is 0 Å². The minimum atomic E-state index is -0.958. The lowest BCUT2D eigenvalue weighted by Gasteiger charge is -2.32. The topological polar surface area (TPSA) is 114 Å². The molecule has 2 amide bonds. The van der Waals surface area contributed by atoms with Gasteiger partial charge in [0, 0.05) is 31.0 Å². The molecule has 9 nitrogen and oxygen atoms in total. The van der Waals surface area contributed by atoms with Crippen molar-refractivity contribution in [2.75, 3.05) is 13.1 Å². The highest BCUT2D eigenvalue weighted by molar-refractivity contribution is 7.98. The number of nitrogens with one attached hydrogen (secondary N) is 1. The number of imidazole rings is 1. The average Bonchev–Trinajstić information content (AvgIpc) is 3.39. The number of nitrogens with zero attached hydrogens (tertiary/aromatic N) is 3. The van der Waals surface area contributed by atoms with Gasteiger partial charge in [0.25, 0.3) is 0 Å². The van der Waals surface area contributed by atoms with Crippen LogP contribution in [0.15, 0.2) is 78.1 Å². The maximum Gasteiger partial charge on any atom is 0.410 e. The number of hydrogen-bond donors (Lipinski definition) is 2. The van der Waals surface area contributed by atoms with E-state index in [1.165, 1.54) is 11.8 Å². The molecule has 1 aliphatic rings. The molecule has 0 spiro atoms. The molecule has 230 valence electrons. The number of carbonyl (C=O) groups is 3. The Morgan fingerprint density at radius 3 is 2.41 bits per heavy atom. The van der Waals surface area contributed by atoms with Gasteiger partial charge in [0.1, 0.15) is 5.60 Å². The summed E-state index contributed by atoms with van der Waals surface area (Å²) in [5, 5.41) is 15.7. The number of ether oxygens (including phenoxy) is 1. The minimum absolute atomic E-state index is 0.0537. The summed E-state index contributed by atoms with van der Waals surface area (Å²) < 4.78 is 7.54. The van der Waals surface area contributed by atoms with E-state index in [0.717, 1.165) is 32.7 Å². The van der Waals surface area contributed by atoms with Gasteiger partial charge in [-0.3, -0.25) is 4.79 Å². The number of hydrogen-bond acceptors (Lipinski definition) is 6. The SMILES string of the molecule is CC(C)(C)OC(=O)N1CCC(C(=O)NCc2cn(Cc3cccc4ccccc34)c(SCc3ccccc3C(=O)O)n2)CC1. The largest absolute Gasteiger partial charge is 0.478 e. The van der Waals surface area contributed by atoms with E-state index in [0.29, 0.717) is 38.2 Å². The maximum absolute atomic E-state index is 13.1. The molecule has 5 rings (SSSR count). The normalized spacial score (nSPS) is 14.0. The van der Waals surface area contributed by atoms with E-state index in [2.05, 4.69) is 34.1 Å². The van der Waals surface area contributed by atoms with Gasteiger partial charge in [-0.1, -0.05) is 72.4 Å². The average molecular weight is 615 g/mol. The number of rotatable bonds is 9. The number of carboxylic acid groups (broad SMARTS) is 1. The first kappa shape index (κ1) is 31.1. The van der Waals surface area contributed by atoms with E-state index in [1.54, 1.807) is 17.0 Å². The van der Waals surface area contributed by atoms with Crippen LogP contribution in [-0.2, 0) is 28.4 Å². The molecule has 3 aromatic carbocycles. The second-order valence-electron chi connectivity index (χ2n) is 12.0. The zero-order chi connectivity index (χ0) is 31.3. The van der Waals surface area contributed by atoms with Crippen LogP contribution in [0.1, 0.15) is 60.8 Å². The fraction of sp³-hybridized carbons (Fsp3) is 0.353. The molecule has 0 radical (unpaired) electrons. The molecule has 2 heterocycles. The molecule has 1 fully saturated rings. The van der Waals surface area contributed by atoms with Crippen molar-refractivity contribution in [3.8, 4) is 0 Å². The first-order valence-electron chi connectivity index (χ1n) is 14.8. The first-order chi connectivity index (χ1) is 21.1. The molecule has 4 aromatic rings. The minimum Gasteiger partial charge on any atom is -0.478 e. The maximum atomic E-state index is 13.1. The number of fused-ring (bicyclic) bond motifs is 1. The van der Waals surface area contributed by atoms with Crippen LogP contribution >= 0.6 is 11.8 Å². The van der Waals surface area contributed by atoms with Crippen LogP contribution in [0, 0.1) is 5.92 Å². The van der Waals surface area contributed by atoms with E-state index in [9.17, 15) is 19.5 Å². The van der Waals surface area contributed by atoms with E-state index >= 15 is 0 Å². The van der Waals surface area contributed by atoms with Gasteiger partial charge in [0.2, 0.25) is 5.91 Å². The third-order valence-corrected chi connectivity index (χ3v) is 8.62. The Bertz CT molecular complexity index is 1650. The number of benzene rings is 3. The molecule has 1 saturated heterocycles. The monoisotopic (exact) mass is 614 g/mol. The van der Waals surface area contributed by atoms with Crippen molar-refractivity contribution in [3.05, 3.63) is 95.3 Å². The molecule has 1 aliphatic heterocycles. The number of likely N-dealkylation sites (tertiary alicyclic amines) is 1. The summed E-state index contributed by atoms with van der Waals surface area (Å²) in [6.45, 7) is 7.33. The van der Waals surface area contributed by atoms with Crippen LogP contribution in [0.25, 0.3) is 10.8 Å². The Balaban J connectivity index is 1.28. The second-order valence-corrected chi connectivity index (χ2v) is 12.9. The number of amides is 2. The van der Waals surface area contributed by atoms with Crippen LogP contribution in [-0.4, -0.2) is 56.2 Å². The highest BCUT2D eigenvalue weighted by Gasteiger charge is 2.30. The summed E-state index contributed by atoms with van der Waals surface area (Å²) in [6, 6.07) is 21.5. The Kier molecular flexibility index (Phi) is 9.58.